The first kappa shape index (κ1) is 24.4. The highest BCUT2D eigenvalue weighted by atomic mass is 16.1. The lowest BCUT2D eigenvalue weighted by atomic mass is 10.0. The standard InChI is InChI=1S/C10H18O.C7H16.C2H6/c1-4-9(5-2)7-8-10(11)6-3;1-4-6-7(3)5-2;1-2/h7-9H,4-6H2,1-3H3;7H,4-6H2,1-3H3;1-2H3/b8-7-;;. The molecule has 1 heteroatoms. The van der Waals surface area contributed by atoms with Gasteiger partial charge in [-0.05, 0) is 30.8 Å². The van der Waals surface area contributed by atoms with Crippen LogP contribution in [0.2, 0.25) is 0 Å². The molecule has 0 saturated carbocycles. The highest BCUT2D eigenvalue weighted by Crippen LogP contribution is 2.08. The average Bonchev–Trinajstić information content (AvgIpc) is 2.50. The molecule has 0 heterocycles. The van der Waals surface area contributed by atoms with Gasteiger partial charge < -0.3 is 0 Å². The Balaban J connectivity index is -0.000000277. The quantitative estimate of drug-likeness (QED) is 0.447. The highest BCUT2D eigenvalue weighted by molar-refractivity contribution is 5.89. The molecule has 0 aliphatic heterocycles. The lowest BCUT2D eigenvalue weighted by Gasteiger charge is -2.03. The normalized spacial score (nSPS) is 11.4. The molecule has 0 amide bonds. The third kappa shape index (κ3) is 19.7. The lowest BCUT2D eigenvalue weighted by Crippen LogP contribution is -1.94. The molecular weight excluding hydrogens is 244 g/mol. The van der Waals surface area contributed by atoms with Crippen LogP contribution in [-0.2, 0) is 4.79 Å². The van der Waals surface area contributed by atoms with Gasteiger partial charge in [-0.25, -0.2) is 0 Å². The first-order valence-electron chi connectivity index (χ1n) is 8.76. The second-order valence-corrected chi connectivity index (χ2v) is 5.06. The molecule has 1 unspecified atom stereocenters. The molecule has 122 valence electrons. The SMILES string of the molecule is CC.CCC(=O)/C=C\C(CC)CC.CCCC(C)CC. The summed E-state index contributed by atoms with van der Waals surface area (Å²) in [5.74, 6) is 1.77. The van der Waals surface area contributed by atoms with Gasteiger partial charge in [-0.15, -0.1) is 0 Å². The van der Waals surface area contributed by atoms with Crippen molar-refractivity contribution < 1.29 is 4.79 Å². The summed E-state index contributed by atoms with van der Waals surface area (Å²) in [6, 6.07) is 0. The van der Waals surface area contributed by atoms with E-state index in [2.05, 4.69) is 34.6 Å². The minimum Gasteiger partial charge on any atom is -0.295 e. The van der Waals surface area contributed by atoms with Crippen LogP contribution in [0.15, 0.2) is 12.2 Å². The summed E-state index contributed by atoms with van der Waals surface area (Å²) in [6.45, 7) is 17.0. The Bertz CT molecular complexity index is 202. The fourth-order valence-corrected chi connectivity index (χ4v) is 1.62. The molecule has 0 spiro atoms. The van der Waals surface area contributed by atoms with E-state index in [1.165, 1.54) is 19.3 Å². The zero-order valence-electron chi connectivity index (χ0n) is 15.5. The molecule has 0 aliphatic rings. The number of ketones is 1. The number of allylic oxidation sites excluding steroid dienone is 2. The van der Waals surface area contributed by atoms with Gasteiger partial charge >= 0.3 is 0 Å². The summed E-state index contributed by atoms with van der Waals surface area (Å²) in [7, 11) is 0. The van der Waals surface area contributed by atoms with Gasteiger partial charge in [0.15, 0.2) is 5.78 Å². The van der Waals surface area contributed by atoms with E-state index in [1.54, 1.807) is 6.08 Å². The lowest BCUT2D eigenvalue weighted by molar-refractivity contribution is -0.114. The molecule has 0 radical (unpaired) electrons. The van der Waals surface area contributed by atoms with Gasteiger partial charge in [0.05, 0.1) is 0 Å². The van der Waals surface area contributed by atoms with Crippen molar-refractivity contribution in [1.82, 2.24) is 0 Å². The van der Waals surface area contributed by atoms with Gasteiger partial charge in [0.25, 0.3) is 0 Å². The van der Waals surface area contributed by atoms with Crippen molar-refractivity contribution in [2.75, 3.05) is 0 Å². The largest absolute Gasteiger partial charge is 0.295 e. The molecule has 0 aliphatic carbocycles. The molecule has 1 atom stereocenters. The maximum absolute atomic E-state index is 10.9. The van der Waals surface area contributed by atoms with E-state index in [0.717, 1.165) is 18.8 Å². The van der Waals surface area contributed by atoms with Crippen molar-refractivity contribution in [1.29, 1.82) is 0 Å². The zero-order chi connectivity index (χ0) is 16.4. The number of rotatable bonds is 8. The second-order valence-electron chi connectivity index (χ2n) is 5.06. The Morgan fingerprint density at radius 3 is 1.70 bits per heavy atom. The van der Waals surface area contributed by atoms with Crippen molar-refractivity contribution in [3.05, 3.63) is 12.2 Å². The monoisotopic (exact) mass is 284 g/mol. The Morgan fingerprint density at radius 2 is 1.45 bits per heavy atom. The number of carbonyl (C=O) groups is 1. The van der Waals surface area contributed by atoms with Crippen LogP contribution in [0.3, 0.4) is 0 Å². The third-order valence-corrected chi connectivity index (χ3v) is 3.43. The minimum absolute atomic E-state index is 0.233. The molecule has 0 aromatic rings. The van der Waals surface area contributed by atoms with E-state index >= 15 is 0 Å². The number of carbonyl (C=O) groups excluding carboxylic acids is 1. The fraction of sp³-hybridized carbons (Fsp3) is 0.842. The van der Waals surface area contributed by atoms with Gasteiger partial charge in [-0.3, -0.25) is 4.79 Å². The van der Waals surface area contributed by atoms with E-state index in [4.69, 9.17) is 0 Å². The Morgan fingerprint density at radius 1 is 0.950 bits per heavy atom. The van der Waals surface area contributed by atoms with Crippen molar-refractivity contribution in [3.8, 4) is 0 Å². The Hall–Kier alpha value is -0.590. The van der Waals surface area contributed by atoms with Gasteiger partial charge in [-0.2, -0.15) is 0 Å². The number of hydrogen-bond donors (Lipinski definition) is 0. The van der Waals surface area contributed by atoms with Gasteiger partial charge in [0.1, 0.15) is 0 Å². The summed E-state index contributed by atoms with van der Waals surface area (Å²) >= 11 is 0. The maximum Gasteiger partial charge on any atom is 0.155 e. The minimum atomic E-state index is 0.233. The van der Waals surface area contributed by atoms with Crippen LogP contribution in [0.5, 0.6) is 0 Å². The van der Waals surface area contributed by atoms with Crippen LogP contribution >= 0.6 is 0 Å². The van der Waals surface area contributed by atoms with Gasteiger partial charge in [0, 0.05) is 6.42 Å². The van der Waals surface area contributed by atoms with Crippen LogP contribution in [-0.4, -0.2) is 5.78 Å². The van der Waals surface area contributed by atoms with E-state index in [1.807, 2.05) is 26.8 Å². The van der Waals surface area contributed by atoms with E-state index in [9.17, 15) is 4.79 Å². The van der Waals surface area contributed by atoms with Crippen LogP contribution < -0.4 is 0 Å². The molecule has 0 aromatic heterocycles. The summed E-state index contributed by atoms with van der Waals surface area (Å²) in [5, 5.41) is 0. The second kappa shape index (κ2) is 20.7. The highest BCUT2D eigenvalue weighted by Gasteiger charge is 1.97. The van der Waals surface area contributed by atoms with Crippen molar-refractivity contribution in [2.45, 2.75) is 93.9 Å². The van der Waals surface area contributed by atoms with Gasteiger partial charge in [-0.1, -0.05) is 80.7 Å². The summed E-state index contributed by atoms with van der Waals surface area (Å²) in [6.07, 6.45) is 10.7. The maximum atomic E-state index is 10.9. The molecule has 0 saturated heterocycles. The van der Waals surface area contributed by atoms with E-state index < -0.39 is 0 Å². The molecule has 0 rings (SSSR count). The Labute approximate surface area is 129 Å². The topological polar surface area (TPSA) is 17.1 Å². The van der Waals surface area contributed by atoms with E-state index in [0.29, 0.717) is 12.3 Å². The summed E-state index contributed by atoms with van der Waals surface area (Å²) in [4.78, 5) is 10.9. The average molecular weight is 285 g/mol. The van der Waals surface area contributed by atoms with Crippen LogP contribution in [0, 0.1) is 11.8 Å². The van der Waals surface area contributed by atoms with Gasteiger partial charge in [0.2, 0.25) is 0 Å². The zero-order valence-corrected chi connectivity index (χ0v) is 15.5. The molecule has 20 heavy (non-hydrogen) atoms. The predicted octanol–water partition coefficient (Wildman–Crippen LogP) is 6.82. The number of hydrogen-bond acceptors (Lipinski definition) is 1. The summed E-state index contributed by atoms with van der Waals surface area (Å²) in [5.41, 5.74) is 0. The van der Waals surface area contributed by atoms with Crippen LogP contribution in [0.25, 0.3) is 0 Å². The Kier molecular flexibility index (Phi) is 25.3. The van der Waals surface area contributed by atoms with Crippen LogP contribution in [0.1, 0.15) is 93.9 Å². The van der Waals surface area contributed by atoms with E-state index in [-0.39, 0.29) is 5.78 Å². The van der Waals surface area contributed by atoms with Crippen LogP contribution in [0.4, 0.5) is 0 Å². The van der Waals surface area contributed by atoms with Crippen molar-refractivity contribution >= 4 is 5.78 Å². The molecule has 0 fully saturated rings. The summed E-state index contributed by atoms with van der Waals surface area (Å²) < 4.78 is 0. The first-order valence-corrected chi connectivity index (χ1v) is 8.76. The molecular formula is C19H40O. The smallest absolute Gasteiger partial charge is 0.155 e. The third-order valence-electron chi connectivity index (χ3n) is 3.43. The first-order chi connectivity index (χ1) is 9.55. The van der Waals surface area contributed by atoms with Crippen molar-refractivity contribution in [3.63, 3.8) is 0 Å². The fourth-order valence-electron chi connectivity index (χ4n) is 1.62. The molecule has 0 bridgehead atoms. The van der Waals surface area contributed by atoms with Crippen molar-refractivity contribution in [2.24, 2.45) is 11.8 Å². The predicted molar refractivity (Wildman–Crippen MR) is 94.2 cm³/mol. The molecule has 1 nitrogen and oxygen atoms in total. The molecule has 0 aromatic carbocycles. The molecule has 0 N–H and O–H groups in total.